The molecule has 22 heavy (non-hydrogen) atoms. The highest BCUT2D eigenvalue weighted by Gasteiger charge is 2.04. The van der Waals surface area contributed by atoms with E-state index < -0.39 is 0 Å². The Morgan fingerprint density at radius 1 is 1.18 bits per heavy atom. The molecule has 0 saturated heterocycles. The number of methoxy groups -OCH3 is 1. The minimum Gasteiger partial charge on any atom is -0.497 e. The molecule has 0 saturated carbocycles. The predicted molar refractivity (Wildman–Crippen MR) is 84.3 cm³/mol. The molecule has 0 aromatic heterocycles. The summed E-state index contributed by atoms with van der Waals surface area (Å²) in [6.45, 7) is 0.545. The average molecular weight is 296 g/mol. The van der Waals surface area contributed by atoms with Gasteiger partial charge in [0.1, 0.15) is 5.75 Å². The van der Waals surface area contributed by atoms with Crippen LogP contribution in [0.5, 0.6) is 5.75 Å². The SMILES string of the molecule is COc1ccc(CCNC(=O)c2ccc(N=[N+]=[N-])cc2)cc1. The molecule has 0 bridgehead atoms. The van der Waals surface area contributed by atoms with Gasteiger partial charge in [0.2, 0.25) is 0 Å². The predicted octanol–water partition coefficient (Wildman–Crippen LogP) is 3.61. The largest absolute Gasteiger partial charge is 0.497 e. The first-order valence-electron chi connectivity index (χ1n) is 6.79. The topological polar surface area (TPSA) is 87.1 Å². The summed E-state index contributed by atoms with van der Waals surface area (Å²) in [5.41, 5.74) is 10.5. The molecule has 1 amide bonds. The number of azide groups is 1. The summed E-state index contributed by atoms with van der Waals surface area (Å²) in [6.07, 6.45) is 0.743. The first-order valence-corrected chi connectivity index (χ1v) is 6.79. The van der Waals surface area contributed by atoms with Gasteiger partial charge in [-0.25, -0.2) is 0 Å². The van der Waals surface area contributed by atoms with E-state index in [9.17, 15) is 4.79 Å². The zero-order valence-corrected chi connectivity index (χ0v) is 12.2. The number of ether oxygens (including phenoxy) is 1. The molecule has 0 atom stereocenters. The van der Waals surface area contributed by atoms with Gasteiger partial charge in [0.25, 0.3) is 5.91 Å². The Hall–Kier alpha value is -2.98. The van der Waals surface area contributed by atoms with E-state index in [0.29, 0.717) is 17.8 Å². The summed E-state index contributed by atoms with van der Waals surface area (Å²) in [6, 6.07) is 14.2. The lowest BCUT2D eigenvalue weighted by Gasteiger charge is -2.06. The zero-order chi connectivity index (χ0) is 15.8. The van der Waals surface area contributed by atoms with Crippen LogP contribution >= 0.6 is 0 Å². The number of amides is 1. The van der Waals surface area contributed by atoms with Gasteiger partial charge in [-0.1, -0.05) is 29.4 Å². The molecular formula is C16H16N4O2. The summed E-state index contributed by atoms with van der Waals surface area (Å²) in [5, 5.41) is 6.32. The fraction of sp³-hybridized carbons (Fsp3) is 0.188. The first-order chi connectivity index (χ1) is 10.7. The lowest BCUT2D eigenvalue weighted by molar-refractivity contribution is 0.0954. The van der Waals surface area contributed by atoms with E-state index in [2.05, 4.69) is 15.3 Å². The van der Waals surface area contributed by atoms with Crippen molar-refractivity contribution in [2.45, 2.75) is 6.42 Å². The van der Waals surface area contributed by atoms with Gasteiger partial charge >= 0.3 is 0 Å². The number of hydrogen-bond acceptors (Lipinski definition) is 3. The maximum atomic E-state index is 12.0. The van der Waals surface area contributed by atoms with Crippen molar-refractivity contribution < 1.29 is 9.53 Å². The van der Waals surface area contributed by atoms with Crippen LogP contribution in [0, 0.1) is 0 Å². The Morgan fingerprint density at radius 2 is 1.86 bits per heavy atom. The Balaban J connectivity index is 1.85. The van der Waals surface area contributed by atoms with E-state index in [4.69, 9.17) is 10.3 Å². The molecule has 112 valence electrons. The lowest BCUT2D eigenvalue weighted by atomic mass is 10.1. The molecule has 0 aliphatic carbocycles. The second kappa shape index (κ2) is 7.71. The normalized spacial score (nSPS) is 9.68. The molecule has 0 fully saturated rings. The molecule has 0 aliphatic heterocycles. The molecule has 2 aromatic rings. The smallest absolute Gasteiger partial charge is 0.251 e. The molecule has 0 radical (unpaired) electrons. The summed E-state index contributed by atoms with van der Waals surface area (Å²) < 4.78 is 5.10. The van der Waals surface area contributed by atoms with Crippen molar-refractivity contribution in [1.29, 1.82) is 0 Å². The van der Waals surface area contributed by atoms with Crippen molar-refractivity contribution in [2.75, 3.05) is 13.7 Å². The highest BCUT2D eigenvalue weighted by molar-refractivity contribution is 5.94. The van der Waals surface area contributed by atoms with Crippen LogP contribution in [0.1, 0.15) is 15.9 Å². The van der Waals surface area contributed by atoms with Crippen LogP contribution in [0.3, 0.4) is 0 Å². The van der Waals surface area contributed by atoms with E-state index in [-0.39, 0.29) is 5.91 Å². The summed E-state index contributed by atoms with van der Waals surface area (Å²) in [5.74, 6) is 0.661. The Bertz CT molecular complexity index is 674. The Kier molecular flexibility index (Phi) is 5.40. The van der Waals surface area contributed by atoms with Crippen molar-refractivity contribution in [2.24, 2.45) is 5.11 Å². The van der Waals surface area contributed by atoms with E-state index in [1.807, 2.05) is 24.3 Å². The van der Waals surface area contributed by atoms with E-state index in [1.54, 1.807) is 31.4 Å². The Morgan fingerprint density at radius 3 is 2.45 bits per heavy atom. The van der Waals surface area contributed by atoms with Crippen molar-refractivity contribution in [1.82, 2.24) is 5.32 Å². The van der Waals surface area contributed by atoms with Crippen molar-refractivity contribution in [3.05, 3.63) is 70.1 Å². The summed E-state index contributed by atoms with van der Waals surface area (Å²) >= 11 is 0. The summed E-state index contributed by atoms with van der Waals surface area (Å²) in [4.78, 5) is 14.7. The number of hydrogen-bond donors (Lipinski definition) is 1. The fourth-order valence-electron chi connectivity index (χ4n) is 1.95. The van der Waals surface area contributed by atoms with E-state index >= 15 is 0 Å². The first kappa shape index (κ1) is 15.4. The van der Waals surface area contributed by atoms with Gasteiger partial charge in [-0.15, -0.1) is 0 Å². The van der Waals surface area contributed by atoms with Crippen LogP contribution in [0.15, 0.2) is 53.6 Å². The lowest BCUT2D eigenvalue weighted by Crippen LogP contribution is -2.25. The van der Waals surface area contributed by atoms with Gasteiger partial charge in [-0.3, -0.25) is 4.79 Å². The average Bonchev–Trinajstić information content (AvgIpc) is 2.56. The maximum Gasteiger partial charge on any atom is 0.251 e. The third kappa shape index (κ3) is 4.26. The number of nitrogens with one attached hydrogen (secondary N) is 1. The van der Waals surface area contributed by atoms with Gasteiger partial charge in [0.05, 0.1) is 7.11 Å². The van der Waals surface area contributed by atoms with E-state index in [1.165, 1.54) is 0 Å². The van der Waals surface area contributed by atoms with Crippen LogP contribution in [-0.2, 0) is 6.42 Å². The van der Waals surface area contributed by atoms with Gasteiger partial charge in [-0.05, 0) is 41.8 Å². The second-order valence-corrected chi connectivity index (χ2v) is 4.59. The summed E-state index contributed by atoms with van der Waals surface area (Å²) in [7, 11) is 1.63. The molecule has 1 N–H and O–H groups in total. The standard InChI is InChI=1S/C16H16N4O2/c1-22-15-8-2-12(3-9-15)10-11-18-16(21)13-4-6-14(7-5-13)19-20-17/h2-9H,10-11H2,1H3,(H,18,21). The quantitative estimate of drug-likeness (QED) is 0.501. The van der Waals surface area contributed by atoms with Gasteiger partial charge in [0.15, 0.2) is 0 Å². The van der Waals surface area contributed by atoms with Crippen LogP contribution in [0.25, 0.3) is 10.4 Å². The molecule has 2 aromatic carbocycles. The number of carbonyl (C=O) groups is 1. The minimum absolute atomic E-state index is 0.152. The van der Waals surface area contributed by atoms with Gasteiger partial charge in [0, 0.05) is 22.7 Å². The number of nitrogens with zero attached hydrogens (tertiary/aromatic N) is 3. The molecule has 0 unspecified atom stereocenters. The molecule has 0 spiro atoms. The van der Waals surface area contributed by atoms with E-state index in [0.717, 1.165) is 17.7 Å². The molecule has 2 rings (SSSR count). The van der Waals surface area contributed by atoms with Crippen LogP contribution in [-0.4, -0.2) is 19.6 Å². The zero-order valence-electron chi connectivity index (χ0n) is 12.2. The van der Waals surface area contributed by atoms with Crippen LogP contribution in [0.4, 0.5) is 5.69 Å². The van der Waals surface area contributed by atoms with Crippen molar-refractivity contribution >= 4 is 11.6 Å². The third-order valence-corrected chi connectivity index (χ3v) is 3.15. The number of carbonyl (C=O) groups excluding carboxylic acids is 1. The highest BCUT2D eigenvalue weighted by Crippen LogP contribution is 2.13. The van der Waals surface area contributed by atoms with Crippen LogP contribution in [0.2, 0.25) is 0 Å². The monoisotopic (exact) mass is 296 g/mol. The fourth-order valence-corrected chi connectivity index (χ4v) is 1.95. The molecule has 0 heterocycles. The second-order valence-electron chi connectivity index (χ2n) is 4.59. The third-order valence-electron chi connectivity index (χ3n) is 3.15. The molecule has 0 aliphatic rings. The molecular weight excluding hydrogens is 280 g/mol. The van der Waals surface area contributed by atoms with Crippen molar-refractivity contribution in [3.8, 4) is 5.75 Å². The minimum atomic E-state index is -0.152. The van der Waals surface area contributed by atoms with Crippen LogP contribution < -0.4 is 10.1 Å². The molecule has 6 heteroatoms. The Labute approximate surface area is 128 Å². The number of rotatable bonds is 6. The highest BCUT2D eigenvalue weighted by atomic mass is 16.5. The van der Waals surface area contributed by atoms with Gasteiger partial charge in [-0.2, -0.15) is 0 Å². The van der Waals surface area contributed by atoms with Crippen molar-refractivity contribution in [3.63, 3.8) is 0 Å². The maximum absolute atomic E-state index is 12.0. The molecule has 6 nitrogen and oxygen atoms in total. The van der Waals surface area contributed by atoms with Gasteiger partial charge < -0.3 is 10.1 Å². The number of benzene rings is 2.